The topological polar surface area (TPSA) is 47.2 Å². The van der Waals surface area contributed by atoms with Crippen LogP contribution in [0.15, 0.2) is 34.9 Å². The van der Waals surface area contributed by atoms with E-state index < -0.39 is 0 Å². The van der Waals surface area contributed by atoms with Gasteiger partial charge in [-0.3, -0.25) is 9.78 Å². The Balaban J connectivity index is 2.38. The van der Waals surface area contributed by atoms with E-state index in [1.165, 1.54) is 23.6 Å². The van der Waals surface area contributed by atoms with Gasteiger partial charge in [-0.1, -0.05) is 11.6 Å². The average Bonchev–Trinajstić information content (AvgIpc) is 2.64. The van der Waals surface area contributed by atoms with Gasteiger partial charge in [-0.2, -0.15) is 4.99 Å². The fourth-order valence-corrected chi connectivity index (χ4v) is 1.99. The van der Waals surface area contributed by atoms with E-state index in [4.69, 9.17) is 11.6 Å². The summed E-state index contributed by atoms with van der Waals surface area (Å²) in [6, 6.07) is 3.12. The average molecular weight is 254 g/mol. The van der Waals surface area contributed by atoms with E-state index in [1.54, 1.807) is 10.6 Å². The number of amides is 1. The molecule has 0 saturated carbocycles. The number of thiazole rings is 1. The van der Waals surface area contributed by atoms with Crippen LogP contribution in [-0.2, 0) is 7.05 Å². The molecule has 2 rings (SSSR count). The molecular weight excluding hydrogens is 246 g/mol. The van der Waals surface area contributed by atoms with Crippen molar-refractivity contribution >= 4 is 28.8 Å². The molecule has 0 spiro atoms. The summed E-state index contributed by atoms with van der Waals surface area (Å²) >= 11 is 7.16. The summed E-state index contributed by atoms with van der Waals surface area (Å²) in [6.07, 6.45) is 3.32. The molecule has 0 bridgehead atoms. The summed E-state index contributed by atoms with van der Waals surface area (Å²) in [7, 11) is 1.83. The highest BCUT2D eigenvalue weighted by atomic mass is 35.5. The van der Waals surface area contributed by atoms with Gasteiger partial charge in [-0.25, -0.2) is 0 Å². The van der Waals surface area contributed by atoms with E-state index in [-0.39, 0.29) is 11.6 Å². The van der Waals surface area contributed by atoms with Gasteiger partial charge in [0.25, 0.3) is 5.91 Å². The standard InChI is InChI=1S/C10H8ClN3OS/c1-14-4-5-16-10(14)13-9(15)8-6-7(11)2-3-12-8/h2-6H,1H3. The number of rotatable bonds is 1. The molecule has 0 aliphatic carbocycles. The second kappa shape index (κ2) is 4.59. The van der Waals surface area contributed by atoms with Crippen molar-refractivity contribution in [3.63, 3.8) is 0 Å². The maximum absolute atomic E-state index is 11.7. The number of pyridine rings is 1. The summed E-state index contributed by atoms with van der Waals surface area (Å²) in [5, 5.41) is 2.33. The molecule has 2 aromatic rings. The number of carbonyl (C=O) groups is 1. The van der Waals surface area contributed by atoms with Crippen LogP contribution in [0.3, 0.4) is 0 Å². The van der Waals surface area contributed by atoms with Crippen LogP contribution in [0.5, 0.6) is 0 Å². The summed E-state index contributed by atoms with van der Waals surface area (Å²) in [6.45, 7) is 0. The maximum Gasteiger partial charge on any atom is 0.298 e. The first-order valence-electron chi connectivity index (χ1n) is 4.47. The van der Waals surface area contributed by atoms with Gasteiger partial charge in [0, 0.05) is 29.8 Å². The highest BCUT2D eigenvalue weighted by molar-refractivity contribution is 7.07. The summed E-state index contributed by atoms with van der Waals surface area (Å²) in [5.41, 5.74) is 0.251. The smallest absolute Gasteiger partial charge is 0.298 e. The highest BCUT2D eigenvalue weighted by Crippen LogP contribution is 2.08. The van der Waals surface area contributed by atoms with Gasteiger partial charge < -0.3 is 4.57 Å². The fraction of sp³-hybridized carbons (Fsp3) is 0.100. The van der Waals surface area contributed by atoms with Crippen molar-refractivity contribution in [2.75, 3.05) is 0 Å². The molecule has 6 heteroatoms. The lowest BCUT2D eigenvalue weighted by Crippen LogP contribution is -2.13. The molecule has 0 unspecified atom stereocenters. The van der Waals surface area contributed by atoms with Gasteiger partial charge in [0.1, 0.15) is 5.69 Å². The quantitative estimate of drug-likeness (QED) is 0.779. The zero-order chi connectivity index (χ0) is 11.5. The molecule has 0 fully saturated rings. The van der Waals surface area contributed by atoms with Gasteiger partial charge in [0.2, 0.25) is 0 Å². The minimum Gasteiger partial charge on any atom is -0.327 e. The van der Waals surface area contributed by atoms with Crippen molar-refractivity contribution < 1.29 is 4.79 Å². The van der Waals surface area contributed by atoms with Crippen LogP contribution < -0.4 is 4.80 Å². The minimum absolute atomic E-state index is 0.251. The van der Waals surface area contributed by atoms with E-state index in [2.05, 4.69) is 9.98 Å². The van der Waals surface area contributed by atoms with Crippen molar-refractivity contribution in [2.45, 2.75) is 0 Å². The van der Waals surface area contributed by atoms with Crippen molar-refractivity contribution in [1.29, 1.82) is 0 Å². The van der Waals surface area contributed by atoms with Crippen LogP contribution in [-0.4, -0.2) is 15.5 Å². The third kappa shape index (κ3) is 2.37. The Morgan fingerprint density at radius 3 is 3.06 bits per heavy atom. The molecule has 0 saturated heterocycles. The largest absolute Gasteiger partial charge is 0.327 e. The number of carbonyl (C=O) groups excluding carboxylic acids is 1. The van der Waals surface area contributed by atoms with E-state index in [1.807, 2.05) is 18.6 Å². The van der Waals surface area contributed by atoms with E-state index in [9.17, 15) is 4.79 Å². The highest BCUT2D eigenvalue weighted by Gasteiger charge is 2.06. The predicted molar refractivity (Wildman–Crippen MR) is 62.4 cm³/mol. The molecule has 82 valence electrons. The maximum atomic E-state index is 11.7. The van der Waals surface area contributed by atoms with Crippen LogP contribution in [0.2, 0.25) is 5.02 Å². The minimum atomic E-state index is -0.388. The molecule has 0 aromatic carbocycles. The van der Waals surface area contributed by atoms with Crippen LogP contribution in [0, 0.1) is 0 Å². The molecule has 2 heterocycles. The monoisotopic (exact) mass is 253 g/mol. The molecular formula is C10H8ClN3OS. The first-order chi connectivity index (χ1) is 7.66. The number of halogens is 1. The summed E-state index contributed by atoms with van der Waals surface area (Å²) in [4.78, 5) is 20.2. The number of aryl methyl sites for hydroxylation is 1. The third-order valence-corrected chi connectivity index (χ3v) is 2.98. The number of nitrogens with zero attached hydrogens (tertiary/aromatic N) is 3. The van der Waals surface area contributed by atoms with Gasteiger partial charge >= 0.3 is 0 Å². The van der Waals surface area contributed by atoms with E-state index >= 15 is 0 Å². The zero-order valence-corrected chi connectivity index (χ0v) is 10.00. The van der Waals surface area contributed by atoms with Crippen molar-refractivity contribution in [1.82, 2.24) is 9.55 Å². The number of aromatic nitrogens is 2. The Kier molecular flexibility index (Phi) is 3.17. The Morgan fingerprint density at radius 1 is 1.62 bits per heavy atom. The van der Waals surface area contributed by atoms with Crippen LogP contribution in [0.4, 0.5) is 0 Å². The van der Waals surface area contributed by atoms with Crippen LogP contribution in [0.1, 0.15) is 10.5 Å². The van der Waals surface area contributed by atoms with E-state index in [0.717, 1.165) is 0 Å². The zero-order valence-electron chi connectivity index (χ0n) is 8.42. The Hall–Kier alpha value is -1.46. The molecule has 1 amide bonds. The lowest BCUT2D eigenvalue weighted by Gasteiger charge is -1.94. The molecule has 0 aliphatic rings. The molecule has 0 radical (unpaired) electrons. The van der Waals surface area contributed by atoms with Gasteiger partial charge in [-0.05, 0) is 12.1 Å². The van der Waals surface area contributed by atoms with E-state index in [0.29, 0.717) is 9.82 Å². The van der Waals surface area contributed by atoms with Gasteiger partial charge in [0.05, 0.1) is 0 Å². The molecule has 0 aliphatic heterocycles. The van der Waals surface area contributed by atoms with Crippen molar-refractivity contribution in [2.24, 2.45) is 12.0 Å². The molecule has 2 aromatic heterocycles. The SMILES string of the molecule is Cn1ccsc1=NC(=O)c1cc(Cl)ccn1. The van der Waals surface area contributed by atoms with Crippen molar-refractivity contribution in [3.05, 3.63) is 45.4 Å². The molecule has 4 nitrogen and oxygen atoms in total. The van der Waals surface area contributed by atoms with Crippen molar-refractivity contribution in [3.8, 4) is 0 Å². The van der Waals surface area contributed by atoms with Gasteiger partial charge in [0.15, 0.2) is 4.80 Å². The first-order valence-corrected chi connectivity index (χ1v) is 5.73. The summed E-state index contributed by atoms with van der Waals surface area (Å²) in [5.74, 6) is -0.388. The fourth-order valence-electron chi connectivity index (χ4n) is 1.10. The lowest BCUT2D eigenvalue weighted by atomic mass is 10.3. The van der Waals surface area contributed by atoms with Crippen LogP contribution >= 0.6 is 22.9 Å². The first kappa shape index (κ1) is 11.0. The number of hydrogen-bond donors (Lipinski definition) is 0. The second-order valence-corrected chi connectivity index (χ2v) is 4.38. The van der Waals surface area contributed by atoms with Crippen LogP contribution in [0.25, 0.3) is 0 Å². The Bertz CT molecular complexity index is 588. The number of hydrogen-bond acceptors (Lipinski definition) is 3. The lowest BCUT2D eigenvalue weighted by molar-refractivity contribution is 0.0993. The molecule has 16 heavy (non-hydrogen) atoms. The Morgan fingerprint density at radius 2 is 2.44 bits per heavy atom. The summed E-state index contributed by atoms with van der Waals surface area (Å²) < 4.78 is 1.77. The van der Waals surface area contributed by atoms with Gasteiger partial charge in [-0.15, -0.1) is 11.3 Å². The predicted octanol–water partition coefficient (Wildman–Crippen LogP) is 1.88. The normalized spacial score (nSPS) is 11.8. The third-order valence-electron chi connectivity index (χ3n) is 1.90. The molecule has 0 atom stereocenters. The second-order valence-electron chi connectivity index (χ2n) is 3.07. The Labute approximate surface area is 101 Å². The molecule has 0 N–H and O–H groups in total.